The maximum atomic E-state index is 12.3. The van der Waals surface area contributed by atoms with Gasteiger partial charge in [0.1, 0.15) is 4.21 Å². The lowest BCUT2D eigenvalue weighted by Gasteiger charge is -2.30. The van der Waals surface area contributed by atoms with E-state index < -0.39 is 20.0 Å². The highest BCUT2D eigenvalue weighted by molar-refractivity contribution is 7.91. The van der Waals surface area contributed by atoms with Crippen LogP contribution in [0, 0.1) is 5.92 Å². The van der Waals surface area contributed by atoms with Gasteiger partial charge < -0.3 is 5.32 Å². The van der Waals surface area contributed by atoms with Crippen molar-refractivity contribution in [1.29, 1.82) is 0 Å². The third kappa shape index (κ3) is 5.00. The Kier molecular flexibility index (Phi) is 6.26. The van der Waals surface area contributed by atoms with Crippen LogP contribution in [0.3, 0.4) is 0 Å². The molecule has 2 heterocycles. The largest absolute Gasteiger partial charge is 0.351 e. The van der Waals surface area contributed by atoms with E-state index in [-0.39, 0.29) is 29.1 Å². The maximum Gasteiger partial charge on any atom is 0.252 e. The topological polar surface area (TPSA) is 104 Å². The zero-order chi connectivity index (χ0) is 18.8. The SMILES string of the molecule is CN(C)S(=O)(=O)c1ccc(CNC(=O)C2CCCN(S(C)(=O)=O)C2)s1. The van der Waals surface area contributed by atoms with E-state index in [1.165, 1.54) is 24.5 Å². The van der Waals surface area contributed by atoms with Gasteiger partial charge in [-0.2, -0.15) is 0 Å². The summed E-state index contributed by atoms with van der Waals surface area (Å²) in [5.74, 6) is -0.591. The molecule has 1 aromatic rings. The molecule has 1 N–H and O–H groups in total. The molecule has 0 radical (unpaired) electrons. The second-order valence-corrected chi connectivity index (χ2v) is 11.7. The Balaban J connectivity index is 1.96. The Morgan fingerprint density at radius 3 is 2.60 bits per heavy atom. The fourth-order valence-electron chi connectivity index (χ4n) is 2.55. The number of hydrogen-bond donors (Lipinski definition) is 1. The number of carbonyl (C=O) groups excluding carboxylic acids is 1. The number of carbonyl (C=O) groups is 1. The number of nitrogens with one attached hydrogen (secondary N) is 1. The van der Waals surface area contributed by atoms with Crippen molar-refractivity contribution >= 4 is 37.3 Å². The van der Waals surface area contributed by atoms with Crippen molar-refractivity contribution in [3.05, 3.63) is 17.0 Å². The first-order chi connectivity index (χ1) is 11.5. The third-order valence-corrected chi connectivity index (χ3v) is 8.67. The van der Waals surface area contributed by atoms with Crippen LogP contribution in [0.2, 0.25) is 0 Å². The molecule has 0 spiro atoms. The molecule has 1 aliphatic heterocycles. The van der Waals surface area contributed by atoms with Gasteiger partial charge in [0.25, 0.3) is 10.0 Å². The molecule has 142 valence electrons. The van der Waals surface area contributed by atoms with Gasteiger partial charge in [-0.1, -0.05) is 0 Å². The molecule has 8 nitrogen and oxygen atoms in total. The van der Waals surface area contributed by atoms with Crippen LogP contribution in [0.4, 0.5) is 0 Å². The fourth-order valence-corrected chi connectivity index (χ4v) is 5.92. The Morgan fingerprint density at radius 1 is 1.32 bits per heavy atom. The first kappa shape index (κ1) is 20.3. The predicted octanol–water partition coefficient (Wildman–Crippen LogP) is 0.286. The van der Waals surface area contributed by atoms with Crippen LogP contribution in [-0.2, 0) is 31.4 Å². The molecule has 11 heteroatoms. The summed E-state index contributed by atoms with van der Waals surface area (Å²) in [6, 6.07) is 3.19. The standard InChI is InChI=1S/C14H23N3O5S3/c1-16(2)25(21,22)13-7-6-12(23-13)9-15-14(18)11-5-4-8-17(10-11)24(3,19)20/h6-7,11H,4-5,8-10H2,1-3H3,(H,15,18). The van der Waals surface area contributed by atoms with E-state index in [9.17, 15) is 21.6 Å². The molecule has 1 aliphatic rings. The second kappa shape index (κ2) is 7.70. The van der Waals surface area contributed by atoms with E-state index in [0.717, 1.165) is 26.8 Å². The maximum absolute atomic E-state index is 12.3. The lowest BCUT2D eigenvalue weighted by molar-refractivity contribution is -0.126. The molecule has 0 saturated carbocycles. The minimum absolute atomic E-state index is 0.190. The lowest BCUT2D eigenvalue weighted by atomic mass is 9.99. The number of rotatable bonds is 6. The summed E-state index contributed by atoms with van der Waals surface area (Å²) in [5, 5.41) is 2.78. The second-order valence-electron chi connectivity index (χ2n) is 6.19. The highest BCUT2D eigenvalue weighted by atomic mass is 32.2. The molecule has 1 saturated heterocycles. The van der Waals surface area contributed by atoms with Crippen LogP contribution < -0.4 is 5.32 Å². The predicted molar refractivity (Wildman–Crippen MR) is 96.2 cm³/mol. The summed E-state index contributed by atoms with van der Waals surface area (Å²) in [4.78, 5) is 13.0. The van der Waals surface area contributed by atoms with Gasteiger partial charge in [0.15, 0.2) is 0 Å². The van der Waals surface area contributed by atoms with Crippen molar-refractivity contribution in [1.82, 2.24) is 13.9 Å². The summed E-state index contributed by atoms with van der Waals surface area (Å²) >= 11 is 1.11. The summed E-state index contributed by atoms with van der Waals surface area (Å²) in [6.45, 7) is 0.858. The van der Waals surface area contributed by atoms with Crippen LogP contribution in [-0.4, -0.2) is 64.8 Å². The third-order valence-electron chi connectivity index (χ3n) is 4.03. The Bertz CT molecular complexity index is 830. The van der Waals surface area contributed by atoms with Crippen molar-refractivity contribution in [3.63, 3.8) is 0 Å². The van der Waals surface area contributed by atoms with Gasteiger partial charge in [-0.05, 0) is 25.0 Å². The molecular weight excluding hydrogens is 386 g/mol. The summed E-state index contributed by atoms with van der Waals surface area (Å²) in [5.41, 5.74) is 0. The molecule has 0 aliphatic carbocycles. The molecule has 1 atom stereocenters. The molecule has 2 rings (SSSR count). The van der Waals surface area contributed by atoms with Gasteiger partial charge in [-0.3, -0.25) is 4.79 Å². The number of sulfonamides is 2. The number of piperidine rings is 1. The van der Waals surface area contributed by atoms with Crippen molar-refractivity contribution in [2.24, 2.45) is 5.92 Å². The first-order valence-corrected chi connectivity index (χ1v) is 11.9. The van der Waals surface area contributed by atoms with E-state index >= 15 is 0 Å². The molecular formula is C14H23N3O5S3. The molecule has 25 heavy (non-hydrogen) atoms. The van der Waals surface area contributed by atoms with Crippen LogP contribution in [0.1, 0.15) is 17.7 Å². The zero-order valence-electron chi connectivity index (χ0n) is 14.4. The van der Waals surface area contributed by atoms with Crippen molar-refractivity contribution in [2.45, 2.75) is 23.6 Å². The monoisotopic (exact) mass is 409 g/mol. The molecule has 1 amide bonds. The van der Waals surface area contributed by atoms with Crippen molar-refractivity contribution in [3.8, 4) is 0 Å². The number of nitrogens with zero attached hydrogens (tertiary/aromatic N) is 2. The zero-order valence-corrected chi connectivity index (χ0v) is 16.9. The highest BCUT2D eigenvalue weighted by Gasteiger charge is 2.30. The minimum atomic E-state index is -3.47. The van der Waals surface area contributed by atoms with Crippen LogP contribution in [0.5, 0.6) is 0 Å². The Morgan fingerprint density at radius 2 is 2.00 bits per heavy atom. The van der Waals surface area contributed by atoms with Crippen molar-refractivity contribution in [2.75, 3.05) is 33.4 Å². The quantitative estimate of drug-likeness (QED) is 0.727. The van der Waals surface area contributed by atoms with Gasteiger partial charge in [0.2, 0.25) is 15.9 Å². The molecule has 0 aromatic carbocycles. The molecule has 0 bridgehead atoms. The molecule has 1 aromatic heterocycles. The van der Waals surface area contributed by atoms with Gasteiger partial charge in [-0.25, -0.2) is 25.4 Å². The van der Waals surface area contributed by atoms with Crippen molar-refractivity contribution < 1.29 is 21.6 Å². The normalized spacial score (nSPS) is 19.9. The van der Waals surface area contributed by atoms with E-state index in [2.05, 4.69) is 5.32 Å². The van der Waals surface area contributed by atoms with E-state index in [1.54, 1.807) is 6.07 Å². The van der Waals surface area contributed by atoms with E-state index in [0.29, 0.717) is 19.4 Å². The van der Waals surface area contributed by atoms with Crippen LogP contribution in [0.25, 0.3) is 0 Å². The minimum Gasteiger partial charge on any atom is -0.351 e. The smallest absolute Gasteiger partial charge is 0.252 e. The van der Waals surface area contributed by atoms with Crippen LogP contribution in [0.15, 0.2) is 16.3 Å². The fraction of sp³-hybridized carbons (Fsp3) is 0.643. The molecule has 1 fully saturated rings. The number of amides is 1. The lowest BCUT2D eigenvalue weighted by Crippen LogP contribution is -2.44. The highest BCUT2D eigenvalue weighted by Crippen LogP contribution is 2.24. The average Bonchev–Trinajstić information content (AvgIpc) is 3.01. The summed E-state index contributed by atoms with van der Waals surface area (Å²) in [6.07, 6.45) is 2.43. The van der Waals surface area contributed by atoms with Gasteiger partial charge in [0, 0.05) is 32.1 Å². The van der Waals surface area contributed by atoms with E-state index in [4.69, 9.17) is 0 Å². The first-order valence-electron chi connectivity index (χ1n) is 7.76. The van der Waals surface area contributed by atoms with Crippen LogP contribution >= 0.6 is 11.3 Å². The number of hydrogen-bond acceptors (Lipinski definition) is 6. The average molecular weight is 410 g/mol. The van der Waals surface area contributed by atoms with Gasteiger partial charge in [-0.15, -0.1) is 11.3 Å². The van der Waals surface area contributed by atoms with Gasteiger partial charge in [0.05, 0.1) is 18.7 Å². The Hall–Kier alpha value is -1.01. The Labute approximate surface area is 152 Å². The summed E-state index contributed by atoms with van der Waals surface area (Å²) < 4.78 is 50.0. The number of thiophene rings is 1. The summed E-state index contributed by atoms with van der Waals surface area (Å²) in [7, 11) is -3.84. The van der Waals surface area contributed by atoms with Gasteiger partial charge >= 0.3 is 0 Å². The molecule has 1 unspecified atom stereocenters. The van der Waals surface area contributed by atoms with E-state index in [1.807, 2.05) is 0 Å².